The average Bonchev–Trinajstić information content (AvgIpc) is 2.09. The van der Waals surface area contributed by atoms with Crippen molar-refractivity contribution in [2.75, 3.05) is 13.2 Å². The van der Waals surface area contributed by atoms with Crippen LogP contribution in [0.5, 0.6) is 0 Å². The summed E-state index contributed by atoms with van der Waals surface area (Å²) in [6.45, 7) is 3.54. The standard InChI is InChI=1S/C8H13NO4/c1-3-4-7-12-5-8(2,6-13-7)9(10)11/h3-4,7H,5-6H2,1-2H3/b4-3-. The molecule has 0 aromatic rings. The molecule has 74 valence electrons. The van der Waals surface area contributed by atoms with Gasteiger partial charge >= 0.3 is 0 Å². The molecule has 0 aromatic heterocycles. The van der Waals surface area contributed by atoms with Crippen molar-refractivity contribution in [3.63, 3.8) is 0 Å². The van der Waals surface area contributed by atoms with Crippen LogP contribution < -0.4 is 0 Å². The molecule has 0 atom stereocenters. The van der Waals surface area contributed by atoms with E-state index in [0.29, 0.717) is 0 Å². The van der Waals surface area contributed by atoms with E-state index in [-0.39, 0.29) is 18.1 Å². The SMILES string of the molecule is C/C=C\C1OCC(C)([N+](=O)[O-])CO1. The molecule has 0 radical (unpaired) electrons. The Morgan fingerprint density at radius 3 is 2.46 bits per heavy atom. The summed E-state index contributed by atoms with van der Waals surface area (Å²) in [4.78, 5) is 10.2. The van der Waals surface area contributed by atoms with Crippen LogP contribution in [-0.2, 0) is 9.47 Å². The quantitative estimate of drug-likeness (QED) is 0.367. The van der Waals surface area contributed by atoms with Crippen LogP contribution in [0.3, 0.4) is 0 Å². The molecule has 5 heteroatoms. The molecular weight excluding hydrogens is 174 g/mol. The molecule has 5 nitrogen and oxygen atoms in total. The number of rotatable bonds is 2. The van der Waals surface area contributed by atoms with E-state index in [1.54, 1.807) is 12.2 Å². The topological polar surface area (TPSA) is 61.6 Å². The molecule has 0 bridgehead atoms. The van der Waals surface area contributed by atoms with Crippen LogP contribution in [0.1, 0.15) is 13.8 Å². The Kier molecular flexibility index (Phi) is 3.00. The van der Waals surface area contributed by atoms with Gasteiger partial charge in [0.15, 0.2) is 6.29 Å². The largest absolute Gasteiger partial charge is 0.341 e. The monoisotopic (exact) mass is 187 g/mol. The van der Waals surface area contributed by atoms with Crippen molar-refractivity contribution >= 4 is 0 Å². The van der Waals surface area contributed by atoms with Gasteiger partial charge in [-0.2, -0.15) is 0 Å². The van der Waals surface area contributed by atoms with Gasteiger partial charge in [0.2, 0.25) is 0 Å². The number of hydrogen-bond donors (Lipinski definition) is 0. The van der Waals surface area contributed by atoms with Gasteiger partial charge in [-0.25, -0.2) is 0 Å². The summed E-state index contributed by atoms with van der Waals surface area (Å²) in [6.07, 6.45) is 3.08. The fourth-order valence-corrected chi connectivity index (χ4v) is 0.987. The first-order valence-corrected chi connectivity index (χ1v) is 4.09. The van der Waals surface area contributed by atoms with Gasteiger partial charge in [-0.05, 0) is 13.0 Å². The van der Waals surface area contributed by atoms with Crippen LogP contribution in [0.4, 0.5) is 0 Å². The third-order valence-electron chi connectivity index (χ3n) is 1.91. The molecule has 1 aliphatic rings. The maximum Gasteiger partial charge on any atom is 0.265 e. The lowest BCUT2D eigenvalue weighted by Crippen LogP contribution is -2.50. The summed E-state index contributed by atoms with van der Waals surface area (Å²) in [7, 11) is 0. The zero-order valence-corrected chi connectivity index (χ0v) is 7.73. The van der Waals surface area contributed by atoms with Crippen molar-refractivity contribution in [2.45, 2.75) is 25.7 Å². The first kappa shape index (κ1) is 10.1. The second kappa shape index (κ2) is 3.85. The molecule has 0 saturated carbocycles. The van der Waals surface area contributed by atoms with E-state index < -0.39 is 11.8 Å². The Morgan fingerprint density at radius 2 is 2.08 bits per heavy atom. The third kappa shape index (κ3) is 2.26. The van der Waals surface area contributed by atoms with Crippen LogP contribution in [0, 0.1) is 10.1 Å². The molecule has 1 heterocycles. The maximum absolute atomic E-state index is 10.6. The smallest absolute Gasteiger partial charge is 0.265 e. The molecule has 0 spiro atoms. The summed E-state index contributed by atoms with van der Waals surface area (Å²) in [5.74, 6) is 0. The fourth-order valence-electron chi connectivity index (χ4n) is 0.987. The van der Waals surface area contributed by atoms with Gasteiger partial charge < -0.3 is 9.47 Å². The van der Waals surface area contributed by atoms with E-state index in [9.17, 15) is 10.1 Å². The summed E-state index contributed by atoms with van der Waals surface area (Å²) < 4.78 is 10.3. The Morgan fingerprint density at radius 1 is 1.54 bits per heavy atom. The van der Waals surface area contributed by atoms with E-state index >= 15 is 0 Å². The minimum absolute atomic E-state index is 0.0923. The number of allylic oxidation sites excluding steroid dienone is 1. The van der Waals surface area contributed by atoms with Crippen LogP contribution in [0.15, 0.2) is 12.2 Å². The highest BCUT2D eigenvalue weighted by atomic mass is 16.7. The van der Waals surface area contributed by atoms with Crippen molar-refractivity contribution in [1.29, 1.82) is 0 Å². The molecule has 0 aliphatic carbocycles. The number of ether oxygens (including phenoxy) is 2. The van der Waals surface area contributed by atoms with E-state index in [1.807, 2.05) is 6.92 Å². The average molecular weight is 187 g/mol. The van der Waals surface area contributed by atoms with Crippen LogP contribution in [0.2, 0.25) is 0 Å². The highest BCUT2D eigenvalue weighted by molar-refractivity contribution is 4.86. The molecule has 1 fully saturated rings. The van der Waals surface area contributed by atoms with Gasteiger partial charge in [0.05, 0.1) is 0 Å². The molecule has 0 N–H and O–H groups in total. The molecule has 0 unspecified atom stereocenters. The van der Waals surface area contributed by atoms with Crippen LogP contribution in [-0.4, -0.2) is 30.0 Å². The second-order valence-corrected chi connectivity index (χ2v) is 3.27. The van der Waals surface area contributed by atoms with Crippen molar-refractivity contribution < 1.29 is 14.4 Å². The lowest BCUT2D eigenvalue weighted by atomic mass is 10.1. The Balaban J connectivity index is 2.51. The van der Waals surface area contributed by atoms with Crippen molar-refractivity contribution in [1.82, 2.24) is 0 Å². The van der Waals surface area contributed by atoms with Crippen molar-refractivity contribution in [3.8, 4) is 0 Å². The Labute approximate surface area is 76.5 Å². The first-order valence-electron chi connectivity index (χ1n) is 4.09. The summed E-state index contributed by atoms with van der Waals surface area (Å²) in [6, 6.07) is 0. The van der Waals surface area contributed by atoms with Gasteiger partial charge in [-0.15, -0.1) is 0 Å². The van der Waals surface area contributed by atoms with Crippen LogP contribution in [0.25, 0.3) is 0 Å². The summed E-state index contributed by atoms with van der Waals surface area (Å²) >= 11 is 0. The molecule has 1 aliphatic heterocycles. The lowest BCUT2D eigenvalue weighted by Gasteiger charge is -2.29. The minimum atomic E-state index is -1.10. The zero-order valence-electron chi connectivity index (χ0n) is 7.73. The number of nitro groups is 1. The normalized spacial score (nSPS) is 35.1. The summed E-state index contributed by atoms with van der Waals surface area (Å²) in [5.41, 5.74) is -1.10. The molecule has 1 rings (SSSR count). The van der Waals surface area contributed by atoms with Gasteiger partial charge in [0, 0.05) is 11.8 Å². The van der Waals surface area contributed by atoms with Gasteiger partial charge in [-0.3, -0.25) is 10.1 Å². The minimum Gasteiger partial charge on any atom is -0.341 e. The fraction of sp³-hybridized carbons (Fsp3) is 0.750. The molecule has 1 saturated heterocycles. The van der Waals surface area contributed by atoms with E-state index in [0.717, 1.165) is 0 Å². The number of nitrogens with zero attached hydrogens (tertiary/aromatic N) is 1. The lowest BCUT2D eigenvalue weighted by molar-refractivity contribution is -0.585. The zero-order chi connectivity index (χ0) is 9.90. The van der Waals surface area contributed by atoms with Gasteiger partial charge in [0.25, 0.3) is 5.54 Å². The van der Waals surface area contributed by atoms with Gasteiger partial charge in [0.1, 0.15) is 13.2 Å². The maximum atomic E-state index is 10.6. The van der Waals surface area contributed by atoms with E-state index in [4.69, 9.17) is 9.47 Å². The Bertz CT molecular complexity index is 218. The molecule has 0 aromatic carbocycles. The first-order chi connectivity index (χ1) is 6.08. The highest BCUT2D eigenvalue weighted by Gasteiger charge is 2.42. The predicted molar refractivity (Wildman–Crippen MR) is 45.9 cm³/mol. The molecule has 13 heavy (non-hydrogen) atoms. The molecule has 0 amide bonds. The molecular formula is C8H13NO4. The second-order valence-electron chi connectivity index (χ2n) is 3.27. The van der Waals surface area contributed by atoms with Crippen molar-refractivity contribution in [3.05, 3.63) is 22.3 Å². The van der Waals surface area contributed by atoms with Gasteiger partial charge in [-0.1, -0.05) is 6.08 Å². The van der Waals surface area contributed by atoms with E-state index in [1.165, 1.54) is 6.92 Å². The third-order valence-corrected chi connectivity index (χ3v) is 1.91. The number of hydrogen-bond acceptors (Lipinski definition) is 4. The predicted octanol–water partition coefficient (Wildman–Crippen LogP) is 0.971. The highest BCUT2D eigenvalue weighted by Crippen LogP contribution is 2.18. The van der Waals surface area contributed by atoms with Crippen LogP contribution >= 0.6 is 0 Å². The Hall–Kier alpha value is -0.940. The van der Waals surface area contributed by atoms with Crippen molar-refractivity contribution in [2.24, 2.45) is 0 Å². The van der Waals surface area contributed by atoms with E-state index in [2.05, 4.69) is 0 Å². The summed E-state index contributed by atoms with van der Waals surface area (Å²) in [5, 5.41) is 10.6.